The lowest BCUT2D eigenvalue weighted by atomic mass is 9.77. The summed E-state index contributed by atoms with van der Waals surface area (Å²) >= 11 is 0. The summed E-state index contributed by atoms with van der Waals surface area (Å²) in [6.07, 6.45) is 5.58. The van der Waals surface area contributed by atoms with Gasteiger partial charge in [-0.1, -0.05) is 13.8 Å². The molecule has 1 fully saturated rings. The molecule has 0 aromatic carbocycles. The molecule has 96 valence electrons. The third kappa shape index (κ3) is 2.37. The maximum atomic E-state index is 6.56. The van der Waals surface area contributed by atoms with Crippen LogP contribution < -0.4 is 5.73 Å². The van der Waals surface area contributed by atoms with Crippen molar-refractivity contribution in [1.82, 2.24) is 14.8 Å². The summed E-state index contributed by atoms with van der Waals surface area (Å²) in [5.74, 6) is 2.80. The van der Waals surface area contributed by atoms with Crippen LogP contribution in [-0.4, -0.2) is 14.8 Å². The van der Waals surface area contributed by atoms with Crippen LogP contribution in [0.1, 0.15) is 57.6 Å². The van der Waals surface area contributed by atoms with E-state index in [0.717, 1.165) is 43.4 Å². The molecule has 1 aromatic heterocycles. The van der Waals surface area contributed by atoms with Crippen LogP contribution in [0.15, 0.2) is 0 Å². The Morgan fingerprint density at radius 3 is 2.59 bits per heavy atom. The van der Waals surface area contributed by atoms with Gasteiger partial charge in [-0.2, -0.15) is 0 Å². The SMILES string of the molecule is CCCn1c(C)nnc1C1(N)CCC(C)CC1. The van der Waals surface area contributed by atoms with Crippen LogP contribution in [0.2, 0.25) is 0 Å². The predicted molar refractivity (Wildman–Crippen MR) is 68.5 cm³/mol. The molecule has 2 N–H and O–H groups in total. The van der Waals surface area contributed by atoms with Gasteiger partial charge in [-0.15, -0.1) is 10.2 Å². The zero-order valence-corrected chi connectivity index (χ0v) is 11.2. The number of aromatic nitrogens is 3. The Bertz CT molecular complexity index is 375. The van der Waals surface area contributed by atoms with Crippen molar-refractivity contribution in [2.45, 2.75) is 65.0 Å². The highest BCUT2D eigenvalue weighted by Crippen LogP contribution is 2.36. The first kappa shape index (κ1) is 12.6. The van der Waals surface area contributed by atoms with E-state index in [0.29, 0.717) is 0 Å². The van der Waals surface area contributed by atoms with Gasteiger partial charge in [0.2, 0.25) is 0 Å². The minimum atomic E-state index is -0.247. The molecule has 17 heavy (non-hydrogen) atoms. The predicted octanol–water partition coefficient (Wildman–Crippen LogP) is 2.36. The molecule has 0 aliphatic heterocycles. The van der Waals surface area contributed by atoms with Crippen LogP contribution in [0.3, 0.4) is 0 Å². The number of aryl methyl sites for hydroxylation is 1. The summed E-state index contributed by atoms with van der Waals surface area (Å²) < 4.78 is 2.20. The van der Waals surface area contributed by atoms with Gasteiger partial charge >= 0.3 is 0 Å². The van der Waals surface area contributed by atoms with Gasteiger partial charge in [-0.05, 0) is 44.9 Å². The molecule has 1 aliphatic carbocycles. The van der Waals surface area contributed by atoms with Crippen molar-refractivity contribution in [3.05, 3.63) is 11.6 Å². The molecular formula is C13H24N4. The monoisotopic (exact) mass is 236 g/mol. The van der Waals surface area contributed by atoms with Gasteiger partial charge in [0.15, 0.2) is 5.82 Å². The molecule has 0 unspecified atom stereocenters. The molecule has 0 spiro atoms. The number of nitrogens with zero attached hydrogens (tertiary/aromatic N) is 3. The molecule has 0 radical (unpaired) electrons. The lowest BCUT2D eigenvalue weighted by Gasteiger charge is -2.35. The highest BCUT2D eigenvalue weighted by atomic mass is 15.3. The summed E-state index contributed by atoms with van der Waals surface area (Å²) in [6, 6.07) is 0. The minimum Gasteiger partial charge on any atom is -0.319 e. The molecular weight excluding hydrogens is 212 g/mol. The smallest absolute Gasteiger partial charge is 0.153 e. The Morgan fingerprint density at radius 1 is 1.35 bits per heavy atom. The first-order valence-corrected chi connectivity index (χ1v) is 6.76. The third-order valence-electron chi connectivity index (χ3n) is 3.99. The highest BCUT2D eigenvalue weighted by Gasteiger charge is 2.36. The van der Waals surface area contributed by atoms with Crippen LogP contribution in [0.4, 0.5) is 0 Å². The molecule has 0 amide bonds. The zero-order valence-electron chi connectivity index (χ0n) is 11.2. The van der Waals surface area contributed by atoms with E-state index < -0.39 is 0 Å². The van der Waals surface area contributed by atoms with E-state index in [4.69, 9.17) is 5.73 Å². The summed E-state index contributed by atoms with van der Waals surface area (Å²) in [7, 11) is 0. The van der Waals surface area contributed by atoms with Crippen molar-refractivity contribution < 1.29 is 0 Å². The molecule has 1 aliphatic rings. The number of hydrogen-bond donors (Lipinski definition) is 1. The van der Waals surface area contributed by atoms with Crippen LogP contribution >= 0.6 is 0 Å². The molecule has 4 heteroatoms. The average Bonchev–Trinajstić information content (AvgIpc) is 2.67. The van der Waals surface area contributed by atoms with Gasteiger partial charge in [0.25, 0.3) is 0 Å². The number of hydrogen-bond acceptors (Lipinski definition) is 3. The fourth-order valence-corrected chi connectivity index (χ4v) is 2.74. The summed E-state index contributed by atoms with van der Waals surface area (Å²) in [5, 5.41) is 8.55. The Kier molecular flexibility index (Phi) is 3.52. The zero-order chi connectivity index (χ0) is 12.5. The van der Waals surface area contributed by atoms with Crippen molar-refractivity contribution in [3.8, 4) is 0 Å². The minimum absolute atomic E-state index is 0.247. The highest BCUT2D eigenvalue weighted by molar-refractivity contribution is 5.09. The largest absolute Gasteiger partial charge is 0.319 e. The molecule has 2 rings (SSSR count). The van der Waals surface area contributed by atoms with Gasteiger partial charge in [-0.25, -0.2) is 0 Å². The maximum absolute atomic E-state index is 6.56. The Hall–Kier alpha value is -0.900. The topological polar surface area (TPSA) is 56.7 Å². The normalized spacial score (nSPS) is 29.5. The van der Waals surface area contributed by atoms with Crippen LogP contribution in [-0.2, 0) is 12.1 Å². The molecule has 0 atom stereocenters. The van der Waals surface area contributed by atoms with E-state index in [2.05, 4.69) is 28.6 Å². The van der Waals surface area contributed by atoms with E-state index in [9.17, 15) is 0 Å². The van der Waals surface area contributed by atoms with E-state index in [-0.39, 0.29) is 5.54 Å². The summed E-state index contributed by atoms with van der Waals surface area (Å²) in [6.45, 7) is 7.47. The second-order valence-electron chi connectivity index (χ2n) is 5.56. The molecule has 0 bridgehead atoms. The van der Waals surface area contributed by atoms with Crippen molar-refractivity contribution >= 4 is 0 Å². The standard InChI is InChI=1S/C13H24N4/c1-4-9-17-11(3)15-16-12(17)13(14)7-5-10(2)6-8-13/h10H,4-9,14H2,1-3H3. The van der Waals surface area contributed by atoms with Crippen molar-refractivity contribution in [1.29, 1.82) is 0 Å². The fraction of sp³-hybridized carbons (Fsp3) is 0.846. The van der Waals surface area contributed by atoms with E-state index >= 15 is 0 Å². The Balaban J connectivity index is 2.26. The number of rotatable bonds is 3. The first-order valence-electron chi connectivity index (χ1n) is 6.76. The van der Waals surface area contributed by atoms with Crippen molar-refractivity contribution in [2.24, 2.45) is 11.7 Å². The lowest BCUT2D eigenvalue weighted by Crippen LogP contribution is -2.42. The van der Waals surface area contributed by atoms with Gasteiger partial charge in [0.1, 0.15) is 5.82 Å². The van der Waals surface area contributed by atoms with Crippen LogP contribution in [0.5, 0.6) is 0 Å². The Morgan fingerprint density at radius 2 is 2.00 bits per heavy atom. The third-order valence-corrected chi connectivity index (χ3v) is 3.99. The van der Waals surface area contributed by atoms with Crippen LogP contribution in [0.25, 0.3) is 0 Å². The first-order chi connectivity index (χ1) is 8.07. The summed E-state index contributed by atoms with van der Waals surface area (Å²) in [5.41, 5.74) is 6.32. The molecule has 1 aromatic rings. The van der Waals surface area contributed by atoms with Gasteiger partial charge in [0.05, 0.1) is 5.54 Å². The molecule has 1 heterocycles. The van der Waals surface area contributed by atoms with Crippen LogP contribution in [0, 0.1) is 12.8 Å². The van der Waals surface area contributed by atoms with Crippen molar-refractivity contribution in [3.63, 3.8) is 0 Å². The van der Waals surface area contributed by atoms with Gasteiger partial charge in [-0.3, -0.25) is 0 Å². The second kappa shape index (κ2) is 4.77. The van der Waals surface area contributed by atoms with Crippen molar-refractivity contribution in [2.75, 3.05) is 0 Å². The fourth-order valence-electron chi connectivity index (χ4n) is 2.74. The Labute approximate surface area is 104 Å². The second-order valence-corrected chi connectivity index (χ2v) is 5.56. The molecule has 0 saturated heterocycles. The maximum Gasteiger partial charge on any atom is 0.153 e. The van der Waals surface area contributed by atoms with Gasteiger partial charge < -0.3 is 10.3 Å². The van der Waals surface area contributed by atoms with E-state index in [1.54, 1.807) is 0 Å². The van der Waals surface area contributed by atoms with E-state index in [1.165, 1.54) is 12.8 Å². The molecule has 4 nitrogen and oxygen atoms in total. The average molecular weight is 236 g/mol. The van der Waals surface area contributed by atoms with E-state index in [1.807, 2.05) is 6.92 Å². The molecule has 1 saturated carbocycles. The quantitative estimate of drug-likeness (QED) is 0.876. The number of nitrogens with two attached hydrogens (primary N) is 1. The summed E-state index contributed by atoms with van der Waals surface area (Å²) in [4.78, 5) is 0. The van der Waals surface area contributed by atoms with Gasteiger partial charge in [0, 0.05) is 6.54 Å². The lowest BCUT2D eigenvalue weighted by molar-refractivity contribution is 0.230.